The molecule has 3 heteroatoms. The highest BCUT2D eigenvalue weighted by molar-refractivity contribution is 6.74. The van der Waals surface area contributed by atoms with Gasteiger partial charge in [-0.05, 0) is 30.3 Å². The first-order valence-electron chi connectivity index (χ1n) is 4.76. The molecule has 0 fully saturated rings. The summed E-state index contributed by atoms with van der Waals surface area (Å²) >= 11 is 0. The van der Waals surface area contributed by atoms with Crippen molar-refractivity contribution in [3.63, 3.8) is 0 Å². The maximum Gasteiger partial charge on any atom is 0.249 e. The summed E-state index contributed by atoms with van der Waals surface area (Å²) in [6.45, 7) is 10.9. The lowest BCUT2D eigenvalue weighted by molar-refractivity contribution is -0.104. The quantitative estimate of drug-likeness (QED) is 0.235. The molecule has 0 amide bonds. The van der Waals surface area contributed by atoms with E-state index in [0.29, 0.717) is 0 Å². The summed E-state index contributed by atoms with van der Waals surface area (Å²) in [6, 6.07) is 0. The molecular formula is C11H20O2Si. The summed E-state index contributed by atoms with van der Waals surface area (Å²) in [7, 11) is -1.67. The molecule has 0 radical (unpaired) electrons. The van der Waals surface area contributed by atoms with E-state index in [1.54, 1.807) is 18.4 Å². The van der Waals surface area contributed by atoms with Crippen LogP contribution in [0.2, 0.25) is 18.1 Å². The summed E-state index contributed by atoms with van der Waals surface area (Å²) < 4.78 is 5.73. The first kappa shape index (κ1) is 13.2. The van der Waals surface area contributed by atoms with Crippen molar-refractivity contribution in [3.05, 3.63) is 24.5 Å². The normalized spacial score (nSPS) is 13.8. The van der Waals surface area contributed by atoms with Gasteiger partial charge in [-0.2, -0.15) is 0 Å². The molecule has 0 heterocycles. The summed E-state index contributed by atoms with van der Waals surface area (Å²) in [4.78, 5) is 9.97. The van der Waals surface area contributed by atoms with Crippen molar-refractivity contribution in [1.82, 2.24) is 0 Å². The molecule has 0 bridgehead atoms. The van der Waals surface area contributed by atoms with E-state index in [0.717, 1.165) is 6.29 Å². The number of hydrogen-bond donors (Lipinski definition) is 0. The fourth-order valence-electron chi connectivity index (χ4n) is 0.541. The Morgan fingerprint density at radius 2 is 1.64 bits per heavy atom. The average Bonchev–Trinajstić information content (AvgIpc) is 2.02. The van der Waals surface area contributed by atoms with Crippen molar-refractivity contribution in [2.45, 2.75) is 38.9 Å². The van der Waals surface area contributed by atoms with Gasteiger partial charge in [-0.1, -0.05) is 26.8 Å². The Morgan fingerprint density at radius 3 is 2.07 bits per heavy atom. The Hall–Kier alpha value is -0.833. The first-order valence-corrected chi connectivity index (χ1v) is 7.67. The van der Waals surface area contributed by atoms with Crippen LogP contribution in [0.25, 0.3) is 0 Å². The predicted octanol–water partition coefficient (Wildman–Crippen LogP) is 3.28. The largest absolute Gasteiger partial charge is 0.549 e. The first-order chi connectivity index (χ1) is 6.31. The van der Waals surface area contributed by atoms with Gasteiger partial charge in [-0.25, -0.2) is 0 Å². The van der Waals surface area contributed by atoms with Gasteiger partial charge < -0.3 is 4.43 Å². The third kappa shape index (κ3) is 4.42. The van der Waals surface area contributed by atoms with Crippen LogP contribution in [0, 0.1) is 0 Å². The van der Waals surface area contributed by atoms with Crippen LogP contribution in [0.15, 0.2) is 24.5 Å². The van der Waals surface area contributed by atoms with Crippen LogP contribution in [0.5, 0.6) is 0 Å². The van der Waals surface area contributed by atoms with Gasteiger partial charge >= 0.3 is 0 Å². The van der Waals surface area contributed by atoms with Crippen molar-refractivity contribution in [3.8, 4) is 0 Å². The number of carbonyl (C=O) groups is 1. The van der Waals surface area contributed by atoms with E-state index in [1.807, 2.05) is 0 Å². The minimum absolute atomic E-state index is 0.214. The Labute approximate surface area is 87.8 Å². The molecule has 0 atom stereocenters. The monoisotopic (exact) mass is 212 g/mol. The highest BCUT2D eigenvalue weighted by atomic mass is 28.4. The summed E-state index contributed by atoms with van der Waals surface area (Å²) in [5.74, 6) is 0. The molecule has 0 N–H and O–H groups in total. The van der Waals surface area contributed by atoms with E-state index in [2.05, 4.69) is 33.9 Å². The second-order valence-corrected chi connectivity index (χ2v) is 9.48. The highest BCUT2D eigenvalue weighted by Gasteiger charge is 2.37. The molecule has 0 spiro atoms. The maximum absolute atomic E-state index is 9.97. The van der Waals surface area contributed by atoms with Crippen molar-refractivity contribution in [2.75, 3.05) is 0 Å². The highest BCUT2D eigenvalue weighted by Crippen LogP contribution is 2.36. The lowest BCUT2D eigenvalue weighted by Crippen LogP contribution is -2.39. The maximum atomic E-state index is 9.97. The Kier molecular flexibility index (Phi) is 4.84. The molecule has 2 nitrogen and oxygen atoms in total. The predicted molar refractivity (Wildman–Crippen MR) is 62.6 cm³/mol. The van der Waals surface area contributed by atoms with Crippen molar-refractivity contribution in [1.29, 1.82) is 0 Å². The van der Waals surface area contributed by atoms with Crippen molar-refractivity contribution >= 4 is 14.6 Å². The third-order valence-electron chi connectivity index (χ3n) is 2.55. The molecule has 0 aromatic heterocycles. The van der Waals surface area contributed by atoms with Gasteiger partial charge in [0.2, 0.25) is 8.32 Å². The van der Waals surface area contributed by atoms with Gasteiger partial charge in [0.1, 0.15) is 6.29 Å². The van der Waals surface area contributed by atoms with Gasteiger partial charge in [0.05, 0.1) is 6.26 Å². The molecule has 80 valence electrons. The zero-order valence-electron chi connectivity index (χ0n) is 9.70. The van der Waals surface area contributed by atoms with Crippen LogP contribution in [0.4, 0.5) is 0 Å². The molecule has 0 saturated carbocycles. The molecule has 0 aromatic carbocycles. The molecule has 0 saturated heterocycles. The number of hydrogen-bond acceptors (Lipinski definition) is 2. The SMILES string of the molecule is CC(C)(C)[Si](C)(C)O/C=C/C=C/C=O. The average molecular weight is 212 g/mol. The van der Waals surface area contributed by atoms with E-state index in [4.69, 9.17) is 4.43 Å². The lowest BCUT2D eigenvalue weighted by atomic mass is 10.2. The second kappa shape index (κ2) is 5.15. The van der Waals surface area contributed by atoms with E-state index < -0.39 is 8.32 Å². The smallest absolute Gasteiger partial charge is 0.249 e. The van der Waals surface area contributed by atoms with Gasteiger partial charge in [-0.3, -0.25) is 4.79 Å². The topological polar surface area (TPSA) is 26.3 Å². The number of carbonyl (C=O) groups excluding carboxylic acids is 1. The van der Waals surface area contributed by atoms with E-state index in [1.165, 1.54) is 6.08 Å². The summed E-state index contributed by atoms with van der Waals surface area (Å²) in [5.41, 5.74) is 0. The van der Waals surface area contributed by atoms with Gasteiger partial charge in [0.25, 0.3) is 0 Å². The van der Waals surface area contributed by atoms with Crippen LogP contribution >= 0.6 is 0 Å². The summed E-state index contributed by atoms with van der Waals surface area (Å²) in [5, 5.41) is 0.214. The Morgan fingerprint density at radius 1 is 1.07 bits per heavy atom. The molecule has 0 aliphatic carbocycles. The van der Waals surface area contributed by atoms with Gasteiger partial charge in [0, 0.05) is 0 Å². The van der Waals surface area contributed by atoms with Crippen LogP contribution in [0.3, 0.4) is 0 Å². The Bertz CT molecular complexity index is 234. The van der Waals surface area contributed by atoms with Crippen LogP contribution in [-0.4, -0.2) is 14.6 Å². The van der Waals surface area contributed by atoms with Crippen LogP contribution in [-0.2, 0) is 9.22 Å². The van der Waals surface area contributed by atoms with Gasteiger partial charge in [0.15, 0.2) is 0 Å². The minimum Gasteiger partial charge on any atom is -0.549 e. The second-order valence-electron chi connectivity index (χ2n) is 4.73. The zero-order valence-corrected chi connectivity index (χ0v) is 10.7. The van der Waals surface area contributed by atoms with Gasteiger partial charge in [-0.15, -0.1) is 0 Å². The molecule has 0 unspecified atom stereocenters. The standard InChI is InChI=1S/C11H20O2Si/c1-11(2,3)14(4,5)13-10-8-6-7-9-12/h6-10H,1-5H3/b7-6+,10-8+. The van der Waals surface area contributed by atoms with E-state index >= 15 is 0 Å². The molecule has 0 rings (SSSR count). The number of rotatable bonds is 4. The molecular weight excluding hydrogens is 192 g/mol. The fraction of sp³-hybridized carbons (Fsp3) is 0.545. The van der Waals surface area contributed by atoms with Crippen LogP contribution in [0.1, 0.15) is 20.8 Å². The van der Waals surface area contributed by atoms with E-state index in [9.17, 15) is 4.79 Å². The molecule has 0 aliphatic heterocycles. The number of aldehydes is 1. The molecule has 14 heavy (non-hydrogen) atoms. The molecule has 0 aromatic rings. The van der Waals surface area contributed by atoms with Crippen molar-refractivity contribution < 1.29 is 9.22 Å². The fourth-order valence-corrected chi connectivity index (χ4v) is 1.31. The molecule has 0 aliphatic rings. The zero-order chi connectivity index (χ0) is 11.2. The number of allylic oxidation sites excluding steroid dienone is 3. The summed E-state index contributed by atoms with van der Waals surface area (Å²) in [6.07, 6.45) is 7.27. The Balaban J connectivity index is 4.19. The van der Waals surface area contributed by atoms with E-state index in [-0.39, 0.29) is 5.04 Å². The third-order valence-corrected chi connectivity index (χ3v) is 6.89. The lowest BCUT2D eigenvalue weighted by Gasteiger charge is -2.34. The van der Waals surface area contributed by atoms with Crippen molar-refractivity contribution in [2.24, 2.45) is 0 Å². The minimum atomic E-state index is -1.67. The van der Waals surface area contributed by atoms with Crippen LogP contribution < -0.4 is 0 Å².